The average molecular weight is 503 g/mol. The first kappa shape index (κ1) is 25.9. The zero-order valence-corrected chi connectivity index (χ0v) is 18.4. The smallest absolute Gasteiger partial charge is 0.426 e. The fraction of sp³-hybridized carbons (Fsp3) is 0.667. The van der Waals surface area contributed by atoms with E-state index >= 15 is 0 Å². The minimum Gasteiger partial charge on any atom is -0.426 e. The second-order valence-electron chi connectivity index (χ2n) is 8.56. The van der Waals surface area contributed by atoms with Gasteiger partial charge in [-0.1, -0.05) is 30.5 Å². The Morgan fingerprint density at radius 2 is 1.64 bits per heavy atom. The van der Waals surface area contributed by atoms with Gasteiger partial charge in [-0.15, -0.1) is 0 Å². The summed E-state index contributed by atoms with van der Waals surface area (Å²) in [6, 6.07) is 5.45. The number of aliphatic hydroxyl groups excluding tert-OH is 1. The standard InChI is InChI=1S/C21H25ClF6N2O3/c22-15-4-3-14(16(11-15)19(13-31)5-1-2-6-19)12-29-7-9-30(10-8-29)18(32)33-17(20(23,24)25)21(26,27)28/h3-4,11,17,31H,1-2,5-10,12-13H2. The monoisotopic (exact) mass is 502 g/mol. The fourth-order valence-electron chi connectivity index (χ4n) is 4.57. The normalized spacial score (nSPS) is 19.8. The third kappa shape index (κ3) is 6.05. The molecule has 0 radical (unpaired) electrons. The highest BCUT2D eigenvalue weighted by atomic mass is 35.5. The first-order chi connectivity index (χ1) is 15.4. The van der Waals surface area contributed by atoms with Gasteiger partial charge in [0.1, 0.15) is 0 Å². The lowest BCUT2D eigenvalue weighted by atomic mass is 9.77. The summed E-state index contributed by atoms with van der Waals surface area (Å²) in [7, 11) is 0. The van der Waals surface area contributed by atoms with Crippen LogP contribution in [0.3, 0.4) is 0 Å². The van der Waals surface area contributed by atoms with Crippen LogP contribution in [0.5, 0.6) is 0 Å². The van der Waals surface area contributed by atoms with Gasteiger partial charge >= 0.3 is 18.4 Å². The molecule has 1 saturated carbocycles. The molecule has 1 N–H and O–H groups in total. The summed E-state index contributed by atoms with van der Waals surface area (Å²) >= 11 is 6.20. The molecule has 3 rings (SSSR count). The van der Waals surface area contributed by atoms with Crippen molar-refractivity contribution >= 4 is 17.7 Å². The Morgan fingerprint density at radius 3 is 2.15 bits per heavy atom. The van der Waals surface area contributed by atoms with E-state index in [-0.39, 0.29) is 38.2 Å². The molecule has 186 valence electrons. The van der Waals surface area contributed by atoms with Crippen molar-refractivity contribution < 1.29 is 41.0 Å². The number of hydrogen-bond acceptors (Lipinski definition) is 4. The van der Waals surface area contributed by atoms with Crippen LogP contribution in [-0.4, -0.2) is 72.2 Å². The van der Waals surface area contributed by atoms with E-state index in [1.54, 1.807) is 6.07 Å². The predicted octanol–water partition coefficient (Wildman–Crippen LogP) is 4.89. The van der Waals surface area contributed by atoms with Gasteiger partial charge in [-0.25, -0.2) is 4.79 Å². The highest BCUT2D eigenvalue weighted by Gasteiger charge is 2.60. The van der Waals surface area contributed by atoms with Crippen molar-refractivity contribution in [3.05, 3.63) is 34.3 Å². The number of amides is 1. The summed E-state index contributed by atoms with van der Waals surface area (Å²) in [5, 5.41) is 10.6. The van der Waals surface area contributed by atoms with E-state index in [2.05, 4.69) is 4.74 Å². The number of carbonyl (C=O) groups is 1. The van der Waals surface area contributed by atoms with Crippen molar-refractivity contribution in [3.63, 3.8) is 0 Å². The number of aliphatic hydroxyl groups is 1. The summed E-state index contributed by atoms with van der Waals surface area (Å²) < 4.78 is 79.7. The largest absolute Gasteiger partial charge is 0.434 e. The van der Waals surface area contributed by atoms with E-state index in [1.807, 2.05) is 17.0 Å². The Balaban J connectivity index is 1.64. The van der Waals surface area contributed by atoms with Crippen molar-refractivity contribution in [3.8, 4) is 0 Å². The van der Waals surface area contributed by atoms with Crippen molar-refractivity contribution in [1.29, 1.82) is 0 Å². The lowest BCUT2D eigenvalue weighted by molar-refractivity contribution is -0.308. The fourth-order valence-corrected chi connectivity index (χ4v) is 4.74. The highest BCUT2D eigenvalue weighted by molar-refractivity contribution is 6.30. The van der Waals surface area contributed by atoms with Gasteiger partial charge in [-0.2, -0.15) is 26.3 Å². The Labute approximate surface area is 192 Å². The first-order valence-corrected chi connectivity index (χ1v) is 10.9. The maximum atomic E-state index is 12.7. The highest BCUT2D eigenvalue weighted by Crippen LogP contribution is 2.43. The molecule has 1 heterocycles. The van der Waals surface area contributed by atoms with Crippen LogP contribution in [0.4, 0.5) is 31.1 Å². The van der Waals surface area contributed by atoms with Gasteiger partial charge in [-0.3, -0.25) is 4.90 Å². The molecule has 0 atom stereocenters. The molecule has 2 fully saturated rings. The third-order valence-corrected chi connectivity index (χ3v) is 6.58. The molecule has 0 aromatic heterocycles. The third-order valence-electron chi connectivity index (χ3n) is 6.34. The molecule has 1 aromatic rings. The second-order valence-corrected chi connectivity index (χ2v) is 8.99. The summed E-state index contributed by atoms with van der Waals surface area (Å²) in [6.45, 7) is 0.771. The van der Waals surface area contributed by atoms with Gasteiger partial charge in [0.05, 0.1) is 6.61 Å². The lowest BCUT2D eigenvalue weighted by Crippen LogP contribution is -2.52. The van der Waals surface area contributed by atoms with Crippen molar-refractivity contribution in [2.24, 2.45) is 0 Å². The van der Waals surface area contributed by atoms with Crippen LogP contribution in [0.15, 0.2) is 18.2 Å². The van der Waals surface area contributed by atoms with E-state index < -0.39 is 24.5 Å². The average Bonchev–Trinajstić information content (AvgIpc) is 3.22. The van der Waals surface area contributed by atoms with Gasteiger partial charge in [0, 0.05) is 43.2 Å². The van der Waals surface area contributed by atoms with Crippen LogP contribution in [-0.2, 0) is 16.7 Å². The Kier molecular flexibility index (Phi) is 7.75. The second kappa shape index (κ2) is 9.87. The molecule has 1 saturated heterocycles. The molecular formula is C21H25ClF6N2O3. The Hall–Kier alpha value is -1.72. The lowest BCUT2D eigenvalue weighted by Gasteiger charge is -2.36. The van der Waals surface area contributed by atoms with Gasteiger partial charge in [0.15, 0.2) is 0 Å². The van der Waals surface area contributed by atoms with Gasteiger partial charge < -0.3 is 14.7 Å². The molecule has 1 aliphatic heterocycles. The molecule has 1 amide bonds. The van der Waals surface area contributed by atoms with Gasteiger partial charge in [-0.05, 0) is 36.1 Å². The quantitative estimate of drug-likeness (QED) is 0.582. The summed E-state index contributed by atoms with van der Waals surface area (Å²) in [5.41, 5.74) is 1.52. The zero-order valence-electron chi connectivity index (χ0n) is 17.7. The molecule has 0 bridgehead atoms. The molecule has 0 spiro atoms. The van der Waals surface area contributed by atoms with Crippen LogP contribution >= 0.6 is 11.6 Å². The molecule has 33 heavy (non-hydrogen) atoms. The molecule has 2 aliphatic rings. The van der Waals surface area contributed by atoms with Gasteiger partial charge in [0.2, 0.25) is 0 Å². The summed E-state index contributed by atoms with van der Waals surface area (Å²) in [5.74, 6) is 0. The summed E-state index contributed by atoms with van der Waals surface area (Å²) in [6.07, 6.45) is -13.7. The van der Waals surface area contributed by atoms with Crippen LogP contribution in [0, 0.1) is 0 Å². The number of piperazine rings is 1. The van der Waals surface area contributed by atoms with Crippen LogP contribution in [0.2, 0.25) is 5.02 Å². The topological polar surface area (TPSA) is 53.0 Å². The minimum absolute atomic E-state index is 0.0143. The maximum Gasteiger partial charge on any atom is 0.434 e. The SMILES string of the molecule is O=C(OC(C(F)(F)F)C(F)(F)F)N1CCN(Cc2ccc(Cl)cc2C2(CO)CCCC2)CC1. The molecule has 1 aromatic carbocycles. The number of rotatable bonds is 5. The number of carbonyl (C=O) groups excluding carboxylic acids is 1. The molecule has 12 heteroatoms. The first-order valence-electron chi connectivity index (χ1n) is 10.6. The van der Waals surface area contributed by atoms with Crippen molar-refractivity contribution in [2.45, 2.75) is 56.1 Å². The number of ether oxygens (including phenoxy) is 1. The Bertz CT molecular complexity index is 820. The van der Waals surface area contributed by atoms with E-state index in [1.165, 1.54) is 0 Å². The molecule has 0 unspecified atom stereocenters. The number of nitrogens with zero attached hydrogens (tertiary/aromatic N) is 2. The predicted molar refractivity (Wildman–Crippen MR) is 108 cm³/mol. The zero-order chi connectivity index (χ0) is 24.4. The van der Waals surface area contributed by atoms with E-state index in [0.717, 1.165) is 41.7 Å². The maximum absolute atomic E-state index is 12.7. The molecular weight excluding hydrogens is 478 g/mol. The number of alkyl halides is 6. The van der Waals surface area contributed by atoms with E-state index in [4.69, 9.17) is 11.6 Å². The minimum atomic E-state index is -5.75. The van der Waals surface area contributed by atoms with Crippen LogP contribution in [0.25, 0.3) is 0 Å². The van der Waals surface area contributed by atoms with Crippen molar-refractivity contribution in [1.82, 2.24) is 9.80 Å². The van der Waals surface area contributed by atoms with Gasteiger partial charge in [0.25, 0.3) is 6.10 Å². The number of hydrogen-bond donors (Lipinski definition) is 1. The number of benzene rings is 1. The number of halogens is 7. The molecule has 5 nitrogen and oxygen atoms in total. The molecule has 1 aliphatic carbocycles. The van der Waals surface area contributed by atoms with E-state index in [9.17, 15) is 36.2 Å². The van der Waals surface area contributed by atoms with Crippen LogP contribution < -0.4 is 0 Å². The Morgan fingerprint density at radius 1 is 1.06 bits per heavy atom. The van der Waals surface area contributed by atoms with E-state index in [0.29, 0.717) is 11.6 Å². The summed E-state index contributed by atoms with van der Waals surface area (Å²) in [4.78, 5) is 14.7. The van der Waals surface area contributed by atoms with Crippen LogP contribution in [0.1, 0.15) is 36.8 Å². The van der Waals surface area contributed by atoms with Crippen molar-refractivity contribution in [2.75, 3.05) is 32.8 Å².